The Kier molecular flexibility index (Phi) is 7.41. The molecule has 100 valence electrons. The maximum Gasteiger partial charge on any atom is 0.344 e. The molecule has 0 fully saturated rings. The third-order valence-corrected chi connectivity index (χ3v) is 1.56. The number of esters is 1. The van der Waals surface area contributed by atoms with Crippen molar-refractivity contribution < 1.29 is 23.1 Å². The van der Waals surface area contributed by atoms with Crippen LogP contribution in [0.2, 0.25) is 0 Å². The van der Waals surface area contributed by atoms with Crippen LogP contribution >= 0.6 is 21.4 Å². The molecule has 0 heterocycles. The Morgan fingerprint density at radius 1 is 1.50 bits per heavy atom. The Bertz CT molecular complexity index is 481. The predicted octanol–water partition coefficient (Wildman–Crippen LogP) is 2.56. The number of carbonyl (C=O) groups is 1. The number of halogens is 3. The Hall–Kier alpha value is -1.25. The molecule has 0 aliphatic rings. The average molecular weight is 318 g/mol. The number of rotatable bonds is 2. The molecule has 0 unspecified atom stereocenters. The van der Waals surface area contributed by atoms with Gasteiger partial charge >= 0.3 is 5.97 Å². The van der Waals surface area contributed by atoms with Crippen molar-refractivity contribution in [3.8, 4) is 0 Å². The minimum atomic E-state index is -1.67. The van der Waals surface area contributed by atoms with Crippen LogP contribution in [0.15, 0.2) is 18.2 Å². The van der Waals surface area contributed by atoms with E-state index in [2.05, 4.69) is 26.1 Å². The van der Waals surface area contributed by atoms with E-state index in [1.807, 2.05) is 0 Å². The van der Waals surface area contributed by atoms with E-state index in [9.17, 15) is 19.3 Å². The van der Waals surface area contributed by atoms with Crippen LogP contribution in [0.1, 0.15) is 10.4 Å². The Morgan fingerprint density at radius 2 is 2.00 bits per heavy atom. The van der Waals surface area contributed by atoms with Crippen LogP contribution in [-0.4, -0.2) is 22.2 Å². The molecule has 0 saturated heterocycles. The van der Waals surface area contributed by atoms with Crippen molar-refractivity contribution in [3.63, 3.8) is 0 Å². The van der Waals surface area contributed by atoms with Crippen molar-refractivity contribution in [1.29, 1.82) is 0 Å². The number of methoxy groups -OCH3 is 1. The predicted molar refractivity (Wildman–Crippen MR) is 64.2 cm³/mol. The van der Waals surface area contributed by atoms with Crippen LogP contribution in [0.5, 0.6) is 0 Å². The van der Waals surface area contributed by atoms with Crippen molar-refractivity contribution in [2.24, 2.45) is 0 Å². The van der Waals surface area contributed by atoms with Crippen molar-refractivity contribution in [1.82, 2.24) is 0 Å². The summed E-state index contributed by atoms with van der Waals surface area (Å²) in [7, 11) is 8.42. The molecule has 1 rings (SSSR count). The first-order valence-electron chi connectivity index (χ1n) is 4.06. The summed E-state index contributed by atoms with van der Waals surface area (Å²) in [5.41, 5.74) is -0.865. The summed E-state index contributed by atoms with van der Waals surface area (Å²) in [4.78, 5) is 20.7. The zero-order chi connectivity index (χ0) is 14.3. The largest absolute Gasteiger partial charge is 0.465 e. The fourth-order valence-electron chi connectivity index (χ4n) is 0.941. The molecular weight excluding hydrogens is 312 g/mol. The zero-order valence-electron chi connectivity index (χ0n) is 8.76. The van der Waals surface area contributed by atoms with Gasteiger partial charge in [-0.3, -0.25) is 10.1 Å². The topological polar surface area (TPSA) is 86.5 Å². The van der Waals surface area contributed by atoms with E-state index in [0.29, 0.717) is 0 Å². The number of nitrogens with zero attached hydrogens (tertiary/aromatic N) is 1. The lowest BCUT2D eigenvalue weighted by Gasteiger charge is -2.00. The van der Waals surface area contributed by atoms with Gasteiger partial charge in [-0.25, -0.2) is 13.4 Å². The summed E-state index contributed by atoms with van der Waals surface area (Å²) in [6, 6.07) is 2.59. The van der Waals surface area contributed by atoms with Crippen LogP contribution in [0.25, 0.3) is 0 Å². The van der Waals surface area contributed by atoms with E-state index in [-0.39, 0.29) is 0 Å². The third-order valence-electron chi connectivity index (χ3n) is 1.56. The van der Waals surface area contributed by atoms with Crippen LogP contribution in [0.3, 0.4) is 0 Å². The summed E-state index contributed by atoms with van der Waals surface area (Å²) in [5.74, 6) is -1.66. The number of hydrogen-bond donors (Lipinski definition) is 0. The molecule has 0 radical (unpaired) electrons. The van der Waals surface area contributed by atoms with Crippen LogP contribution < -0.4 is 0 Å². The Balaban J connectivity index is 0.000000631. The fraction of sp³-hybridized carbons (Fsp3) is 0.125. The second-order valence-corrected chi connectivity index (χ2v) is 5.12. The highest BCUT2D eigenvalue weighted by Crippen LogP contribution is 2.19. The van der Waals surface area contributed by atoms with Gasteiger partial charge in [-0.05, 0) is 12.1 Å². The van der Waals surface area contributed by atoms with E-state index in [1.54, 1.807) is 0 Å². The lowest BCUT2D eigenvalue weighted by molar-refractivity contribution is -0.385. The molecule has 0 saturated carbocycles. The number of carbonyl (C=O) groups excluding carboxylic acids is 1. The molecule has 0 aromatic heterocycles. The molecule has 0 aliphatic carbocycles. The summed E-state index contributed by atoms with van der Waals surface area (Å²) in [6.07, 6.45) is 0. The average Bonchev–Trinajstić information content (AvgIpc) is 2.26. The second-order valence-electron chi connectivity index (χ2n) is 2.59. The van der Waals surface area contributed by atoms with Gasteiger partial charge in [0.2, 0.25) is 9.23 Å². The van der Waals surface area contributed by atoms with Crippen molar-refractivity contribution in [3.05, 3.63) is 39.7 Å². The van der Waals surface area contributed by atoms with E-state index < -0.39 is 37.2 Å². The molecule has 0 amide bonds. The van der Waals surface area contributed by atoms with Gasteiger partial charge in [0.15, 0.2) is 0 Å². The van der Waals surface area contributed by atoms with Gasteiger partial charge in [-0.15, -0.1) is 0 Å². The molecule has 1 aromatic carbocycles. The van der Waals surface area contributed by atoms with Gasteiger partial charge in [0.25, 0.3) is 5.69 Å². The van der Waals surface area contributed by atoms with E-state index in [4.69, 9.17) is 4.21 Å². The number of nitro groups is 1. The van der Waals surface area contributed by atoms with Crippen LogP contribution in [0, 0.1) is 15.9 Å². The van der Waals surface area contributed by atoms with E-state index in [1.165, 1.54) is 0 Å². The van der Waals surface area contributed by atoms with Gasteiger partial charge < -0.3 is 4.74 Å². The van der Waals surface area contributed by atoms with Gasteiger partial charge in [0.05, 0.1) is 12.0 Å². The third kappa shape index (κ3) is 5.89. The molecule has 0 spiro atoms. The zero-order valence-corrected chi connectivity index (χ0v) is 11.1. The lowest BCUT2D eigenvalue weighted by atomic mass is 10.2. The minimum absolute atomic E-state index is 0.391. The van der Waals surface area contributed by atoms with E-state index >= 15 is 0 Å². The number of nitro benzene ring substituents is 1. The maximum absolute atomic E-state index is 12.7. The maximum atomic E-state index is 12.7. The first-order valence-corrected chi connectivity index (χ1v) is 6.86. The molecule has 1 aromatic rings. The van der Waals surface area contributed by atoms with Crippen molar-refractivity contribution in [2.45, 2.75) is 0 Å². The number of ether oxygens (including phenoxy) is 1. The van der Waals surface area contributed by atoms with Crippen molar-refractivity contribution >= 4 is 42.2 Å². The summed E-state index contributed by atoms with van der Waals surface area (Å²) < 4.78 is 26.0. The highest BCUT2D eigenvalue weighted by molar-refractivity contribution is 8.26. The highest BCUT2D eigenvalue weighted by Gasteiger charge is 2.21. The SMILES string of the molecule is COC(=O)c1cc(F)ccc1[N+](=O)[O-].O=S(Cl)Cl. The molecule has 10 heteroatoms. The number of hydrogen-bond acceptors (Lipinski definition) is 5. The Morgan fingerprint density at radius 3 is 2.39 bits per heavy atom. The van der Waals surface area contributed by atoms with Crippen LogP contribution in [-0.2, 0) is 14.0 Å². The summed E-state index contributed by atoms with van der Waals surface area (Å²) in [6.45, 7) is 0. The quantitative estimate of drug-likeness (QED) is 0.362. The minimum Gasteiger partial charge on any atom is -0.465 e. The molecule has 6 nitrogen and oxygen atoms in total. The van der Waals surface area contributed by atoms with Gasteiger partial charge in [0.1, 0.15) is 11.4 Å². The second kappa shape index (κ2) is 7.96. The fourth-order valence-corrected chi connectivity index (χ4v) is 0.941. The summed E-state index contributed by atoms with van der Waals surface area (Å²) in [5, 5.41) is 10.4. The summed E-state index contributed by atoms with van der Waals surface area (Å²) >= 11 is 0. The lowest BCUT2D eigenvalue weighted by Crippen LogP contribution is -2.06. The molecule has 0 aliphatic heterocycles. The smallest absolute Gasteiger partial charge is 0.344 e. The van der Waals surface area contributed by atoms with Crippen LogP contribution in [0.4, 0.5) is 10.1 Å². The van der Waals surface area contributed by atoms with Crippen molar-refractivity contribution in [2.75, 3.05) is 7.11 Å². The first-order chi connectivity index (χ1) is 8.29. The van der Waals surface area contributed by atoms with Gasteiger partial charge in [-0.1, -0.05) is 0 Å². The molecule has 0 atom stereocenters. The van der Waals surface area contributed by atoms with Gasteiger partial charge in [-0.2, -0.15) is 0 Å². The standard InChI is InChI=1S/C8H6FNO4.Cl2OS/c1-14-8(11)6-4-5(9)2-3-7(6)10(12)13;1-4(2)3/h2-4H,1H3;. The highest BCUT2D eigenvalue weighted by atomic mass is 36.0. The molecular formula is C8H6Cl2FNO5S. The van der Waals surface area contributed by atoms with Gasteiger partial charge in [0, 0.05) is 27.4 Å². The Labute approximate surface area is 112 Å². The number of benzene rings is 1. The molecule has 18 heavy (non-hydrogen) atoms. The normalized spacial score (nSPS) is 9.39. The monoisotopic (exact) mass is 317 g/mol. The first kappa shape index (κ1) is 16.8. The van der Waals surface area contributed by atoms with E-state index in [0.717, 1.165) is 25.3 Å². The molecule has 0 N–H and O–H groups in total. The molecule has 0 bridgehead atoms.